The second-order valence-corrected chi connectivity index (χ2v) is 3.70. The summed E-state index contributed by atoms with van der Waals surface area (Å²) in [5.74, 6) is 0. The van der Waals surface area contributed by atoms with E-state index in [0.29, 0.717) is 0 Å². The monoisotopic (exact) mass is 202 g/mol. The Balaban J connectivity index is 2.34. The van der Waals surface area contributed by atoms with Crippen molar-refractivity contribution in [1.82, 2.24) is 9.97 Å². The minimum atomic E-state index is 0.965. The minimum Gasteiger partial charge on any atom is -0.245 e. The molecule has 0 aliphatic heterocycles. The highest BCUT2D eigenvalue weighted by Gasteiger charge is 1.97. The number of hydrogen-bond donors (Lipinski definition) is 0. The predicted octanol–water partition coefficient (Wildman–Crippen LogP) is 2.87. The Kier molecular flexibility index (Phi) is 2.79. The Morgan fingerprint density at radius 2 is 1.86 bits per heavy atom. The Morgan fingerprint density at radius 3 is 2.43 bits per heavy atom. The van der Waals surface area contributed by atoms with E-state index in [2.05, 4.69) is 40.5 Å². The van der Waals surface area contributed by atoms with Crippen LogP contribution < -0.4 is 0 Å². The van der Waals surface area contributed by atoms with Crippen LogP contribution in [0.1, 0.15) is 0 Å². The average molecular weight is 202 g/mol. The fourth-order valence-corrected chi connectivity index (χ4v) is 1.63. The molecule has 1 aromatic carbocycles. The molecule has 0 spiro atoms. The van der Waals surface area contributed by atoms with Crippen LogP contribution in [-0.4, -0.2) is 16.2 Å². The van der Waals surface area contributed by atoms with E-state index in [0.717, 1.165) is 11.3 Å². The van der Waals surface area contributed by atoms with Crippen molar-refractivity contribution in [3.05, 3.63) is 42.9 Å². The smallest absolute Gasteiger partial charge is 0.116 e. The van der Waals surface area contributed by atoms with Gasteiger partial charge in [0.15, 0.2) is 0 Å². The summed E-state index contributed by atoms with van der Waals surface area (Å²) in [6.07, 6.45) is 5.39. The minimum absolute atomic E-state index is 0.965. The van der Waals surface area contributed by atoms with Gasteiger partial charge in [-0.3, -0.25) is 0 Å². The van der Waals surface area contributed by atoms with E-state index in [-0.39, 0.29) is 0 Å². The molecular formula is C11H10N2S. The number of benzene rings is 1. The normalized spacial score (nSPS) is 10.1. The van der Waals surface area contributed by atoms with E-state index < -0.39 is 0 Å². The molecule has 0 saturated carbocycles. The third-order valence-corrected chi connectivity index (χ3v) is 2.71. The van der Waals surface area contributed by atoms with Gasteiger partial charge >= 0.3 is 0 Å². The van der Waals surface area contributed by atoms with Gasteiger partial charge in [-0.25, -0.2) is 9.97 Å². The first-order chi connectivity index (χ1) is 6.90. The van der Waals surface area contributed by atoms with Gasteiger partial charge in [0.25, 0.3) is 0 Å². The van der Waals surface area contributed by atoms with Gasteiger partial charge in [-0.1, -0.05) is 12.1 Å². The van der Waals surface area contributed by atoms with Crippen LogP contribution in [0.15, 0.2) is 47.8 Å². The summed E-state index contributed by atoms with van der Waals surface area (Å²) in [4.78, 5) is 9.34. The topological polar surface area (TPSA) is 25.8 Å². The van der Waals surface area contributed by atoms with Crippen LogP contribution in [0.4, 0.5) is 0 Å². The Bertz CT molecular complexity index is 397. The SMILES string of the molecule is CSc1ccc(-c2ccncn2)cc1. The third-order valence-electron chi connectivity index (χ3n) is 1.97. The maximum atomic E-state index is 4.19. The van der Waals surface area contributed by atoms with Crippen LogP contribution in [-0.2, 0) is 0 Å². The molecule has 0 amide bonds. The number of hydrogen-bond acceptors (Lipinski definition) is 3. The fraction of sp³-hybridized carbons (Fsp3) is 0.0909. The van der Waals surface area contributed by atoms with Crippen molar-refractivity contribution in [3.63, 3.8) is 0 Å². The zero-order valence-corrected chi connectivity index (χ0v) is 8.66. The number of rotatable bonds is 2. The standard InChI is InChI=1S/C11H10N2S/c1-14-10-4-2-9(3-5-10)11-6-7-12-8-13-11/h2-8H,1H3. The van der Waals surface area contributed by atoms with Crippen molar-refractivity contribution in [2.75, 3.05) is 6.26 Å². The molecule has 3 heteroatoms. The van der Waals surface area contributed by atoms with Crippen LogP contribution >= 0.6 is 11.8 Å². The maximum absolute atomic E-state index is 4.19. The molecule has 0 N–H and O–H groups in total. The predicted molar refractivity (Wildman–Crippen MR) is 59.2 cm³/mol. The first kappa shape index (κ1) is 9.21. The van der Waals surface area contributed by atoms with Gasteiger partial charge in [0.05, 0.1) is 5.69 Å². The molecule has 0 aliphatic carbocycles. The van der Waals surface area contributed by atoms with Crippen molar-refractivity contribution in [1.29, 1.82) is 0 Å². The summed E-state index contributed by atoms with van der Waals surface area (Å²) in [6.45, 7) is 0. The van der Waals surface area contributed by atoms with Crippen molar-refractivity contribution in [2.45, 2.75) is 4.90 Å². The lowest BCUT2D eigenvalue weighted by atomic mass is 10.1. The van der Waals surface area contributed by atoms with Crippen molar-refractivity contribution >= 4 is 11.8 Å². The Morgan fingerprint density at radius 1 is 1.07 bits per heavy atom. The molecule has 0 aliphatic rings. The van der Waals surface area contributed by atoms with E-state index >= 15 is 0 Å². The van der Waals surface area contributed by atoms with Gasteiger partial charge in [-0.05, 0) is 24.5 Å². The molecule has 2 nitrogen and oxygen atoms in total. The second kappa shape index (κ2) is 4.24. The van der Waals surface area contributed by atoms with Crippen LogP contribution in [0.3, 0.4) is 0 Å². The highest BCUT2D eigenvalue weighted by Crippen LogP contribution is 2.20. The van der Waals surface area contributed by atoms with Gasteiger partial charge in [-0.15, -0.1) is 11.8 Å². The summed E-state index contributed by atoms with van der Waals surface area (Å²) in [5, 5.41) is 0. The van der Waals surface area contributed by atoms with Gasteiger partial charge in [0.1, 0.15) is 6.33 Å². The summed E-state index contributed by atoms with van der Waals surface area (Å²) in [7, 11) is 0. The molecule has 0 radical (unpaired) electrons. The van der Waals surface area contributed by atoms with Crippen molar-refractivity contribution in [3.8, 4) is 11.3 Å². The molecule has 0 saturated heterocycles. The van der Waals surface area contributed by atoms with E-state index in [1.54, 1.807) is 24.3 Å². The zero-order valence-electron chi connectivity index (χ0n) is 7.84. The van der Waals surface area contributed by atoms with Crippen LogP contribution in [0.25, 0.3) is 11.3 Å². The maximum Gasteiger partial charge on any atom is 0.116 e. The third kappa shape index (κ3) is 1.93. The molecule has 1 aromatic heterocycles. The summed E-state index contributed by atoms with van der Waals surface area (Å²) >= 11 is 1.74. The summed E-state index contributed by atoms with van der Waals surface area (Å²) < 4.78 is 0. The number of aromatic nitrogens is 2. The Hall–Kier alpha value is -1.35. The summed E-state index contributed by atoms with van der Waals surface area (Å²) in [6, 6.07) is 10.3. The lowest BCUT2D eigenvalue weighted by Gasteiger charge is -2.00. The first-order valence-electron chi connectivity index (χ1n) is 4.30. The molecule has 2 rings (SSSR count). The molecule has 70 valence electrons. The molecule has 1 heterocycles. The molecule has 2 aromatic rings. The van der Waals surface area contributed by atoms with E-state index in [1.807, 2.05) is 6.07 Å². The molecular weight excluding hydrogens is 192 g/mol. The zero-order chi connectivity index (χ0) is 9.80. The van der Waals surface area contributed by atoms with Gasteiger partial charge in [0, 0.05) is 16.7 Å². The fourth-order valence-electron chi connectivity index (χ4n) is 1.22. The average Bonchev–Trinajstić information content (AvgIpc) is 2.30. The van der Waals surface area contributed by atoms with Crippen molar-refractivity contribution < 1.29 is 0 Å². The molecule has 0 unspecified atom stereocenters. The first-order valence-corrected chi connectivity index (χ1v) is 5.53. The summed E-state index contributed by atoms with van der Waals surface area (Å²) in [5.41, 5.74) is 2.10. The lowest BCUT2D eigenvalue weighted by Crippen LogP contribution is -1.83. The number of thioether (sulfide) groups is 1. The molecule has 0 fully saturated rings. The van der Waals surface area contributed by atoms with Crippen LogP contribution in [0, 0.1) is 0 Å². The Labute approximate surface area is 87.4 Å². The van der Waals surface area contributed by atoms with E-state index in [9.17, 15) is 0 Å². The second-order valence-electron chi connectivity index (χ2n) is 2.82. The van der Waals surface area contributed by atoms with Gasteiger partial charge in [-0.2, -0.15) is 0 Å². The van der Waals surface area contributed by atoms with E-state index in [1.165, 1.54) is 4.90 Å². The molecule has 0 bridgehead atoms. The molecule has 14 heavy (non-hydrogen) atoms. The highest BCUT2D eigenvalue weighted by molar-refractivity contribution is 7.98. The lowest BCUT2D eigenvalue weighted by molar-refractivity contribution is 1.17. The van der Waals surface area contributed by atoms with Crippen LogP contribution in [0.2, 0.25) is 0 Å². The number of nitrogens with zero attached hydrogens (tertiary/aromatic N) is 2. The highest BCUT2D eigenvalue weighted by atomic mass is 32.2. The van der Waals surface area contributed by atoms with Gasteiger partial charge < -0.3 is 0 Å². The molecule has 0 atom stereocenters. The van der Waals surface area contributed by atoms with Crippen molar-refractivity contribution in [2.24, 2.45) is 0 Å². The van der Waals surface area contributed by atoms with E-state index in [4.69, 9.17) is 0 Å². The quantitative estimate of drug-likeness (QED) is 0.700. The van der Waals surface area contributed by atoms with Gasteiger partial charge in [0.2, 0.25) is 0 Å². The largest absolute Gasteiger partial charge is 0.245 e. The van der Waals surface area contributed by atoms with Crippen LogP contribution in [0.5, 0.6) is 0 Å².